The fourth-order valence-electron chi connectivity index (χ4n) is 3.17. The summed E-state index contributed by atoms with van der Waals surface area (Å²) in [6.07, 6.45) is 0. The molecule has 3 aromatic carbocycles. The van der Waals surface area contributed by atoms with Crippen LogP contribution in [0.3, 0.4) is 0 Å². The van der Waals surface area contributed by atoms with E-state index < -0.39 is 0 Å². The molecule has 3 nitrogen and oxygen atoms in total. The van der Waals surface area contributed by atoms with E-state index in [2.05, 4.69) is 4.98 Å². The van der Waals surface area contributed by atoms with Crippen LogP contribution >= 0.6 is 0 Å². The minimum Gasteiger partial charge on any atom is -0.354 e. The van der Waals surface area contributed by atoms with Crippen LogP contribution in [0.1, 0.15) is 21.5 Å². The maximum atomic E-state index is 13.2. The molecule has 0 aliphatic carbocycles. The molecule has 4 aromatic rings. The lowest BCUT2D eigenvalue weighted by Gasteiger charge is -2.12. The molecule has 4 rings (SSSR count). The van der Waals surface area contributed by atoms with E-state index in [4.69, 9.17) is 0 Å². The molecule has 0 amide bonds. The molecular weight excluding hydrogens is 322 g/mol. The van der Waals surface area contributed by atoms with Gasteiger partial charge in [0, 0.05) is 16.5 Å². The van der Waals surface area contributed by atoms with E-state index in [-0.39, 0.29) is 16.8 Å². The highest BCUT2D eigenvalue weighted by Gasteiger charge is 2.21. The number of carbonyl (C=O) groups excluding carboxylic acids is 1. The first kappa shape index (κ1) is 16.0. The molecule has 3 heteroatoms. The van der Waals surface area contributed by atoms with Crippen molar-refractivity contribution in [3.8, 4) is 11.3 Å². The van der Waals surface area contributed by atoms with Crippen molar-refractivity contribution in [3.05, 3.63) is 106 Å². The molecule has 1 heterocycles. The van der Waals surface area contributed by atoms with Crippen molar-refractivity contribution in [2.45, 2.75) is 6.92 Å². The number of pyridine rings is 1. The molecular formula is C23H17NO2. The number of aromatic amines is 1. The lowest BCUT2D eigenvalue weighted by Crippen LogP contribution is -2.19. The normalized spacial score (nSPS) is 10.8. The Hall–Kier alpha value is -3.46. The smallest absolute Gasteiger partial charge is 0.201 e. The summed E-state index contributed by atoms with van der Waals surface area (Å²) in [5.41, 5.74) is 3.52. The molecule has 126 valence electrons. The average Bonchev–Trinajstić information content (AvgIpc) is 2.69. The number of aromatic nitrogens is 1. The number of H-pyrrole nitrogens is 1. The Morgan fingerprint density at radius 1 is 0.846 bits per heavy atom. The van der Waals surface area contributed by atoms with Gasteiger partial charge in [0.2, 0.25) is 5.43 Å². The SMILES string of the molecule is Cc1ccc2[nH]c(-c3ccccc3)c(C(=O)c3ccccc3)c(=O)c2c1. The van der Waals surface area contributed by atoms with E-state index in [0.29, 0.717) is 16.6 Å². The van der Waals surface area contributed by atoms with Crippen LogP contribution in [-0.2, 0) is 0 Å². The molecule has 1 aromatic heterocycles. The van der Waals surface area contributed by atoms with Crippen molar-refractivity contribution in [2.75, 3.05) is 0 Å². The summed E-state index contributed by atoms with van der Waals surface area (Å²) in [6, 6.07) is 24.1. The van der Waals surface area contributed by atoms with Crippen LogP contribution in [0, 0.1) is 6.92 Å². The number of carbonyl (C=O) groups is 1. The van der Waals surface area contributed by atoms with Crippen LogP contribution in [0.15, 0.2) is 83.7 Å². The van der Waals surface area contributed by atoms with E-state index in [0.717, 1.165) is 16.6 Å². The average molecular weight is 339 g/mol. The number of nitrogens with one attached hydrogen (secondary N) is 1. The van der Waals surface area contributed by atoms with E-state index >= 15 is 0 Å². The number of aryl methyl sites for hydroxylation is 1. The highest BCUT2D eigenvalue weighted by molar-refractivity contribution is 6.13. The Kier molecular flexibility index (Phi) is 3.98. The van der Waals surface area contributed by atoms with Gasteiger partial charge in [0.1, 0.15) is 0 Å². The van der Waals surface area contributed by atoms with Crippen molar-refractivity contribution < 1.29 is 4.79 Å². The Bertz CT molecular complexity index is 1160. The zero-order valence-corrected chi connectivity index (χ0v) is 14.3. The molecule has 0 saturated carbocycles. The first-order chi connectivity index (χ1) is 12.6. The minimum absolute atomic E-state index is 0.181. The van der Waals surface area contributed by atoms with E-state index in [9.17, 15) is 9.59 Å². The number of ketones is 1. The predicted octanol–water partition coefficient (Wildman–Crippen LogP) is 4.73. The number of fused-ring (bicyclic) bond motifs is 1. The molecule has 26 heavy (non-hydrogen) atoms. The Morgan fingerprint density at radius 2 is 1.50 bits per heavy atom. The lowest BCUT2D eigenvalue weighted by atomic mass is 9.95. The highest BCUT2D eigenvalue weighted by atomic mass is 16.1. The van der Waals surface area contributed by atoms with Gasteiger partial charge in [-0.2, -0.15) is 0 Å². The molecule has 1 N–H and O–H groups in total. The Labute approximate surface area is 150 Å². The number of hydrogen-bond donors (Lipinski definition) is 1. The fraction of sp³-hybridized carbons (Fsp3) is 0.0435. The second-order valence-electron chi connectivity index (χ2n) is 6.31. The van der Waals surface area contributed by atoms with Gasteiger partial charge in [0.25, 0.3) is 0 Å². The molecule has 0 atom stereocenters. The highest BCUT2D eigenvalue weighted by Crippen LogP contribution is 2.24. The quantitative estimate of drug-likeness (QED) is 0.548. The molecule has 0 spiro atoms. The zero-order valence-electron chi connectivity index (χ0n) is 14.3. The van der Waals surface area contributed by atoms with Gasteiger partial charge in [-0.15, -0.1) is 0 Å². The van der Waals surface area contributed by atoms with Gasteiger partial charge in [-0.1, -0.05) is 72.3 Å². The predicted molar refractivity (Wildman–Crippen MR) is 105 cm³/mol. The van der Waals surface area contributed by atoms with Gasteiger partial charge in [-0.3, -0.25) is 9.59 Å². The summed E-state index contributed by atoms with van der Waals surface area (Å²) in [7, 11) is 0. The van der Waals surface area contributed by atoms with Crippen molar-refractivity contribution >= 4 is 16.7 Å². The molecule has 0 aliphatic rings. The largest absolute Gasteiger partial charge is 0.354 e. The summed E-state index contributed by atoms with van der Waals surface area (Å²) in [5, 5.41) is 0.531. The van der Waals surface area contributed by atoms with Crippen LogP contribution < -0.4 is 5.43 Å². The number of rotatable bonds is 3. The first-order valence-corrected chi connectivity index (χ1v) is 8.47. The van der Waals surface area contributed by atoms with Gasteiger partial charge in [-0.05, 0) is 24.6 Å². The van der Waals surface area contributed by atoms with Gasteiger partial charge in [0.05, 0.1) is 11.3 Å². The third-order valence-corrected chi connectivity index (χ3v) is 4.48. The topological polar surface area (TPSA) is 49.9 Å². The molecule has 0 unspecified atom stereocenters. The maximum Gasteiger partial charge on any atom is 0.201 e. The van der Waals surface area contributed by atoms with Gasteiger partial charge >= 0.3 is 0 Å². The van der Waals surface area contributed by atoms with Crippen LogP contribution in [-0.4, -0.2) is 10.8 Å². The van der Waals surface area contributed by atoms with Crippen molar-refractivity contribution in [3.63, 3.8) is 0 Å². The lowest BCUT2D eigenvalue weighted by molar-refractivity contribution is 0.103. The maximum absolute atomic E-state index is 13.2. The van der Waals surface area contributed by atoms with E-state index in [1.54, 1.807) is 24.3 Å². The number of benzene rings is 3. The van der Waals surface area contributed by atoms with Crippen LogP contribution in [0.2, 0.25) is 0 Å². The van der Waals surface area contributed by atoms with E-state index in [1.165, 1.54) is 0 Å². The van der Waals surface area contributed by atoms with Gasteiger partial charge in [0.15, 0.2) is 5.78 Å². The van der Waals surface area contributed by atoms with Crippen molar-refractivity contribution in [1.29, 1.82) is 0 Å². The molecule has 0 aliphatic heterocycles. The second-order valence-corrected chi connectivity index (χ2v) is 6.31. The van der Waals surface area contributed by atoms with Gasteiger partial charge < -0.3 is 4.98 Å². The summed E-state index contributed by atoms with van der Waals surface area (Å²) in [6.45, 7) is 1.93. The summed E-state index contributed by atoms with van der Waals surface area (Å²) < 4.78 is 0. The standard InChI is InChI=1S/C23H17NO2/c1-15-12-13-19-18(14-15)23(26)20(22(25)17-10-6-3-7-11-17)21(24-19)16-8-4-2-5-9-16/h2-14H,1H3,(H,24,26). The zero-order chi connectivity index (χ0) is 18.1. The summed E-state index contributed by atoms with van der Waals surface area (Å²) >= 11 is 0. The Morgan fingerprint density at radius 3 is 2.19 bits per heavy atom. The summed E-state index contributed by atoms with van der Waals surface area (Å²) in [5.74, 6) is -0.269. The molecule has 0 saturated heterocycles. The number of hydrogen-bond acceptors (Lipinski definition) is 2. The monoisotopic (exact) mass is 339 g/mol. The van der Waals surface area contributed by atoms with E-state index in [1.807, 2.05) is 61.5 Å². The summed E-state index contributed by atoms with van der Waals surface area (Å²) in [4.78, 5) is 29.7. The second kappa shape index (κ2) is 6.45. The van der Waals surface area contributed by atoms with Crippen LogP contribution in [0.25, 0.3) is 22.2 Å². The van der Waals surface area contributed by atoms with Crippen molar-refractivity contribution in [1.82, 2.24) is 4.98 Å². The van der Waals surface area contributed by atoms with Gasteiger partial charge in [-0.25, -0.2) is 0 Å². The first-order valence-electron chi connectivity index (χ1n) is 8.47. The Balaban J connectivity index is 2.07. The fourth-order valence-corrected chi connectivity index (χ4v) is 3.17. The molecule has 0 radical (unpaired) electrons. The third kappa shape index (κ3) is 2.74. The van der Waals surface area contributed by atoms with Crippen LogP contribution in [0.5, 0.6) is 0 Å². The third-order valence-electron chi connectivity index (χ3n) is 4.48. The minimum atomic E-state index is -0.269. The van der Waals surface area contributed by atoms with Crippen molar-refractivity contribution in [2.24, 2.45) is 0 Å². The van der Waals surface area contributed by atoms with Crippen LogP contribution in [0.4, 0.5) is 0 Å². The molecule has 0 fully saturated rings. The molecule has 0 bridgehead atoms.